The van der Waals surface area contributed by atoms with Crippen LogP contribution in [0, 0.1) is 0 Å². The second kappa shape index (κ2) is 7.14. The van der Waals surface area contributed by atoms with E-state index in [9.17, 15) is 4.79 Å². The van der Waals surface area contributed by atoms with Crippen LogP contribution in [-0.2, 0) is 11.2 Å². The van der Waals surface area contributed by atoms with Gasteiger partial charge in [0.25, 0.3) is 0 Å². The molecule has 3 N–H and O–H groups in total. The Morgan fingerprint density at radius 3 is 2.45 bits per heavy atom. The van der Waals surface area contributed by atoms with E-state index in [1.165, 1.54) is 0 Å². The average Bonchev–Trinajstić information content (AvgIpc) is 2.41. The Bertz CT molecular complexity index is 453. The van der Waals surface area contributed by atoms with Gasteiger partial charge in [0.1, 0.15) is 0 Å². The van der Waals surface area contributed by atoms with Crippen molar-refractivity contribution in [1.29, 1.82) is 0 Å². The van der Waals surface area contributed by atoms with E-state index in [1.807, 2.05) is 18.2 Å². The molecule has 0 saturated carbocycles. The minimum Gasteiger partial charge on any atom is -0.493 e. The van der Waals surface area contributed by atoms with E-state index < -0.39 is 5.54 Å². The van der Waals surface area contributed by atoms with E-state index in [0.29, 0.717) is 6.54 Å². The number of ether oxygens (including phenoxy) is 2. The molecule has 0 heterocycles. The van der Waals surface area contributed by atoms with Crippen LogP contribution >= 0.6 is 0 Å². The molecule has 1 rings (SSSR count). The molecule has 20 heavy (non-hydrogen) atoms. The van der Waals surface area contributed by atoms with Gasteiger partial charge in [0.15, 0.2) is 11.5 Å². The monoisotopic (exact) mass is 280 g/mol. The Morgan fingerprint density at radius 1 is 1.25 bits per heavy atom. The highest BCUT2D eigenvalue weighted by atomic mass is 16.5. The number of benzene rings is 1. The minimum atomic E-state index is -0.830. The molecule has 0 spiro atoms. The van der Waals surface area contributed by atoms with E-state index in [0.717, 1.165) is 29.9 Å². The van der Waals surface area contributed by atoms with Crippen LogP contribution in [0.25, 0.3) is 0 Å². The fourth-order valence-electron chi connectivity index (χ4n) is 1.76. The number of carbonyl (C=O) groups excluding carboxylic acids is 1. The number of rotatable bonds is 7. The number of nitrogens with one attached hydrogen (secondary N) is 1. The predicted molar refractivity (Wildman–Crippen MR) is 79.1 cm³/mol. The maximum Gasteiger partial charge on any atom is 0.239 e. The third-order valence-corrected chi connectivity index (χ3v) is 2.96. The third kappa shape index (κ3) is 4.74. The molecule has 0 bridgehead atoms. The van der Waals surface area contributed by atoms with Crippen LogP contribution in [-0.4, -0.2) is 32.2 Å². The van der Waals surface area contributed by atoms with Crippen LogP contribution in [0.1, 0.15) is 25.8 Å². The lowest BCUT2D eigenvalue weighted by Crippen LogP contribution is -2.49. The summed E-state index contributed by atoms with van der Waals surface area (Å²) < 4.78 is 10.4. The number of hydrogen-bond donors (Lipinski definition) is 2. The third-order valence-electron chi connectivity index (χ3n) is 2.96. The zero-order valence-electron chi connectivity index (χ0n) is 12.7. The van der Waals surface area contributed by atoms with Gasteiger partial charge in [-0.2, -0.15) is 0 Å². The van der Waals surface area contributed by atoms with Crippen molar-refractivity contribution in [2.75, 3.05) is 20.8 Å². The summed E-state index contributed by atoms with van der Waals surface area (Å²) in [4.78, 5) is 11.6. The van der Waals surface area contributed by atoms with Gasteiger partial charge < -0.3 is 20.5 Å². The van der Waals surface area contributed by atoms with Crippen LogP contribution in [0.15, 0.2) is 18.2 Å². The Hall–Kier alpha value is -1.75. The largest absolute Gasteiger partial charge is 0.493 e. The molecule has 0 aliphatic rings. The molecule has 0 radical (unpaired) electrons. The second-order valence-electron chi connectivity index (χ2n) is 5.27. The molecule has 0 saturated heterocycles. The zero-order valence-corrected chi connectivity index (χ0v) is 12.7. The number of nitrogens with two attached hydrogens (primary N) is 1. The van der Waals surface area contributed by atoms with Crippen molar-refractivity contribution in [3.8, 4) is 11.5 Å². The molecule has 1 aromatic rings. The zero-order chi connectivity index (χ0) is 15.2. The van der Waals surface area contributed by atoms with Gasteiger partial charge in [-0.1, -0.05) is 6.07 Å². The van der Waals surface area contributed by atoms with Gasteiger partial charge in [-0.25, -0.2) is 0 Å². The molecule has 0 atom stereocenters. The van der Waals surface area contributed by atoms with Gasteiger partial charge >= 0.3 is 0 Å². The molecule has 0 aliphatic carbocycles. The van der Waals surface area contributed by atoms with Crippen molar-refractivity contribution in [1.82, 2.24) is 5.32 Å². The number of amides is 1. The van der Waals surface area contributed by atoms with E-state index in [4.69, 9.17) is 15.2 Å². The van der Waals surface area contributed by atoms with Crippen molar-refractivity contribution in [2.45, 2.75) is 32.2 Å². The first-order chi connectivity index (χ1) is 9.38. The van der Waals surface area contributed by atoms with Gasteiger partial charge in [-0.3, -0.25) is 4.79 Å². The smallest absolute Gasteiger partial charge is 0.239 e. The Morgan fingerprint density at radius 2 is 1.90 bits per heavy atom. The van der Waals surface area contributed by atoms with Crippen LogP contribution < -0.4 is 20.5 Å². The summed E-state index contributed by atoms with van der Waals surface area (Å²) in [5.74, 6) is 1.30. The molecular formula is C15H24N2O3. The van der Waals surface area contributed by atoms with Crippen molar-refractivity contribution < 1.29 is 14.3 Å². The summed E-state index contributed by atoms with van der Waals surface area (Å²) in [6.45, 7) is 3.99. The predicted octanol–water partition coefficient (Wildman–Crippen LogP) is 1.49. The van der Waals surface area contributed by atoms with Crippen LogP contribution in [0.4, 0.5) is 0 Å². The van der Waals surface area contributed by atoms with E-state index >= 15 is 0 Å². The van der Waals surface area contributed by atoms with E-state index in [2.05, 4.69) is 5.32 Å². The molecular weight excluding hydrogens is 256 g/mol. The highest BCUT2D eigenvalue weighted by Gasteiger charge is 2.20. The number of carbonyl (C=O) groups is 1. The minimum absolute atomic E-state index is 0.134. The van der Waals surface area contributed by atoms with Crippen molar-refractivity contribution >= 4 is 5.91 Å². The summed E-state index contributed by atoms with van der Waals surface area (Å²) in [6.07, 6.45) is 1.70. The summed E-state index contributed by atoms with van der Waals surface area (Å²) in [6, 6.07) is 5.83. The fraction of sp³-hybridized carbons (Fsp3) is 0.533. The summed E-state index contributed by atoms with van der Waals surface area (Å²) in [5.41, 5.74) is 6.01. The molecule has 0 unspecified atom stereocenters. The molecule has 1 amide bonds. The van der Waals surface area contributed by atoms with E-state index in [-0.39, 0.29) is 5.91 Å². The van der Waals surface area contributed by atoms with Crippen LogP contribution in [0.3, 0.4) is 0 Å². The Kier molecular flexibility index (Phi) is 5.82. The SMILES string of the molecule is COc1ccc(CCCNC(=O)C(C)(C)N)cc1OC. The summed E-state index contributed by atoms with van der Waals surface area (Å²) >= 11 is 0. The van der Waals surface area contributed by atoms with Gasteiger partial charge in [0.2, 0.25) is 5.91 Å². The molecule has 1 aromatic carbocycles. The van der Waals surface area contributed by atoms with Gasteiger partial charge in [-0.15, -0.1) is 0 Å². The highest BCUT2D eigenvalue weighted by molar-refractivity contribution is 5.84. The standard InChI is InChI=1S/C15H24N2O3/c1-15(2,16)14(18)17-9-5-6-11-7-8-12(19-3)13(10-11)20-4/h7-8,10H,5-6,9,16H2,1-4H3,(H,17,18). The normalized spacial score (nSPS) is 11.1. The molecule has 0 aliphatic heterocycles. The van der Waals surface area contributed by atoms with Crippen molar-refractivity contribution in [2.24, 2.45) is 5.73 Å². The molecule has 112 valence electrons. The molecule has 5 nitrogen and oxygen atoms in total. The number of aryl methyl sites for hydroxylation is 1. The topological polar surface area (TPSA) is 73.6 Å². The maximum absolute atomic E-state index is 11.6. The molecule has 0 fully saturated rings. The van der Waals surface area contributed by atoms with Crippen LogP contribution in [0.2, 0.25) is 0 Å². The Balaban J connectivity index is 2.45. The van der Waals surface area contributed by atoms with E-state index in [1.54, 1.807) is 28.1 Å². The molecule has 0 aromatic heterocycles. The lowest BCUT2D eigenvalue weighted by molar-refractivity contribution is -0.125. The Labute approximate surface area is 120 Å². The first-order valence-electron chi connectivity index (χ1n) is 6.66. The number of hydrogen-bond acceptors (Lipinski definition) is 4. The van der Waals surface area contributed by atoms with Crippen LogP contribution in [0.5, 0.6) is 11.5 Å². The number of methoxy groups -OCH3 is 2. The highest BCUT2D eigenvalue weighted by Crippen LogP contribution is 2.27. The lowest BCUT2D eigenvalue weighted by atomic mass is 10.1. The average molecular weight is 280 g/mol. The summed E-state index contributed by atoms with van der Waals surface area (Å²) in [7, 11) is 3.23. The summed E-state index contributed by atoms with van der Waals surface area (Å²) in [5, 5.41) is 2.82. The first-order valence-corrected chi connectivity index (χ1v) is 6.66. The second-order valence-corrected chi connectivity index (χ2v) is 5.27. The van der Waals surface area contributed by atoms with Gasteiger partial charge in [-0.05, 0) is 44.4 Å². The van der Waals surface area contributed by atoms with Crippen molar-refractivity contribution in [3.63, 3.8) is 0 Å². The van der Waals surface area contributed by atoms with Gasteiger partial charge in [0.05, 0.1) is 19.8 Å². The molecule has 5 heteroatoms. The lowest BCUT2D eigenvalue weighted by Gasteiger charge is -2.17. The quantitative estimate of drug-likeness (QED) is 0.742. The maximum atomic E-state index is 11.6. The van der Waals surface area contributed by atoms with Crippen molar-refractivity contribution in [3.05, 3.63) is 23.8 Å². The fourth-order valence-corrected chi connectivity index (χ4v) is 1.76. The van der Waals surface area contributed by atoms with Gasteiger partial charge in [0, 0.05) is 6.54 Å². The first kappa shape index (κ1) is 16.3.